The van der Waals surface area contributed by atoms with Gasteiger partial charge in [0.2, 0.25) is 0 Å². The van der Waals surface area contributed by atoms with Crippen LogP contribution in [-0.4, -0.2) is 35.6 Å². The molecule has 0 aromatic heterocycles. The first-order chi connectivity index (χ1) is 7.54. The summed E-state index contributed by atoms with van der Waals surface area (Å²) < 4.78 is 0. The Morgan fingerprint density at radius 1 is 1.25 bits per heavy atom. The highest BCUT2D eigenvalue weighted by Gasteiger charge is 2.34. The molecule has 0 radical (unpaired) electrons. The fraction of sp³-hybridized carbons (Fsp3) is 1.00. The predicted octanol–water partition coefficient (Wildman–Crippen LogP) is 3.03. The predicted molar refractivity (Wildman–Crippen MR) is 71.9 cm³/mol. The first kappa shape index (κ1) is 14.0. The molecule has 0 spiro atoms. The zero-order chi connectivity index (χ0) is 12.2. The van der Waals surface area contributed by atoms with Crippen molar-refractivity contribution in [1.82, 2.24) is 10.2 Å². The van der Waals surface area contributed by atoms with Crippen LogP contribution in [0.15, 0.2) is 0 Å². The third-order valence-electron chi connectivity index (χ3n) is 3.90. The summed E-state index contributed by atoms with van der Waals surface area (Å²) in [6, 6.07) is 1.53. The highest BCUT2D eigenvalue weighted by atomic mass is 15.3. The number of nitrogens with one attached hydrogen (secondary N) is 1. The standard InChI is InChI=1S/C14H30N2/c1-6-9-13-10-15-14(4,5)11-16(13)12(7-2)8-3/h12-13,15H,6-11H2,1-5H3. The van der Waals surface area contributed by atoms with Gasteiger partial charge in [0.15, 0.2) is 0 Å². The molecular weight excluding hydrogens is 196 g/mol. The Bertz CT molecular complexity index is 197. The van der Waals surface area contributed by atoms with Gasteiger partial charge in [0.1, 0.15) is 0 Å². The van der Waals surface area contributed by atoms with Crippen molar-refractivity contribution in [2.45, 2.75) is 77.9 Å². The number of hydrogen-bond acceptors (Lipinski definition) is 2. The maximum absolute atomic E-state index is 3.68. The third kappa shape index (κ3) is 3.46. The van der Waals surface area contributed by atoms with Crippen LogP contribution in [0.1, 0.15) is 60.3 Å². The van der Waals surface area contributed by atoms with Gasteiger partial charge in [0.05, 0.1) is 0 Å². The molecule has 16 heavy (non-hydrogen) atoms. The molecule has 96 valence electrons. The van der Waals surface area contributed by atoms with Crippen LogP contribution in [-0.2, 0) is 0 Å². The van der Waals surface area contributed by atoms with Gasteiger partial charge in [-0.1, -0.05) is 27.2 Å². The maximum atomic E-state index is 3.68. The summed E-state index contributed by atoms with van der Waals surface area (Å²) in [5.74, 6) is 0. The molecule has 1 N–H and O–H groups in total. The van der Waals surface area contributed by atoms with E-state index in [1.807, 2.05) is 0 Å². The second-order valence-electron chi connectivity index (χ2n) is 5.85. The Morgan fingerprint density at radius 2 is 1.88 bits per heavy atom. The fourth-order valence-electron chi connectivity index (χ4n) is 2.94. The monoisotopic (exact) mass is 226 g/mol. The van der Waals surface area contributed by atoms with Crippen molar-refractivity contribution in [1.29, 1.82) is 0 Å². The molecule has 2 nitrogen and oxygen atoms in total. The van der Waals surface area contributed by atoms with Gasteiger partial charge < -0.3 is 5.32 Å². The number of hydrogen-bond donors (Lipinski definition) is 1. The van der Waals surface area contributed by atoms with Crippen molar-refractivity contribution in [3.8, 4) is 0 Å². The first-order valence-corrected chi connectivity index (χ1v) is 7.04. The van der Waals surface area contributed by atoms with E-state index < -0.39 is 0 Å². The van der Waals surface area contributed by atoms with Crippen LogP contribution in [0.2, 0.25) is 0 Å². The summed E-state index contributed by atoms with van der Waals surface area (Å²) in [5.41, 5.74) is 0.285. The molecule has 1 aliphatic heterocycles. The van der Waals surface area contributed by atoms with E-state index in [-0.39, 0.29) is 5.54 Å². The highest BCUT2D eigenvalue weighted by Crippen LogP contribution is 2.23. The molecule has 1 unspecified atom stereocenters. The molecule has 0 bridgehead atoms. The second kappa shape index (κ2) is 6.02. The lowest BCUT2D eigenvalue weighted by atomic mass is 9.93. The summed E-state index contributed by atoms with van der Waals surface area (Å²) in [5, 5.41) is 3.68. The Balaban J connectivity index is 2.70. The van der Waals surface area contributed by atoms with Crippen LogP contribution in [0, 0.1) is 0 Å². The van der Waals surface area contributed by atoms with Gasteiger partial charge in [-0.15, -0.1) is 0 Å². The lowest BCUT2D eigenvalue weighted by molar-refractivity contribution is 0.0457. The van der Waals surface area contributed by atoms with E-state index in [1.54, 1.807) is 0 Å². The molecule has 1 atom stereocenters. The van der Waals surface area contributed by atoms with E-state index in [9.17, 15) is 0 Å². The van der Waals surface area contributed by atoms with E-state index in [1.165, 1.54) is 32.2 Å². The Morgan fingerprint density at radius 3 is 2.38 bits per heavy atom. The van der Waals surface area contributed by atoms with Gasteiger partial charge in [-0.3, -0.25) is 4.90 Å². The van der Waals surface area contributed by atoms with Crippen LogP contribution in [0.3, 0.4) is 0 Å². The Kier molecular flexibility index (Phi) is 5.26. The lowest BCUT2D eigenvalue weighted by Gasteiger charge is -2.48. The summed E-state index contributed by atoms with van der Waals surface area (Å²) in [6.45, 7) is 14.0. The van der Waals surface area contributed by atoms with E-state index in [0.717, 1.165) is 18.6 Å². The SMILES string of the molecule is CCCC1CNC(C)(C)CN1C(CC)CC. The van der Waals surface area contributed by atoms with Crippen molar-refractivity contribution in [2.75, 3.05) is 13.1 Å². The molecule has 0 amide bonds. The minimum atomic E-state index is 0.285. The van der Waals surface area contributed by atoms with Crippen LogP contribution in [0.5, 0.6) is 0 Å². The normalized spacial score (nSPS) is 26.2. The molecule has 0 aromatic rings. The van der Waals surface area contributed by atoms with Gasteiger partial charge in [-0.05, 0) is 33.1 Å². The molecule has 0 aliphatic carbocycles. The molecule has 2 heteroatoms. The smallest absolute Gasteiger partial charge is 0.0253 e. The van der Waals surface area contributed by atoms with E-state index in [0.29, 0.717) is 0 Å². The first-order valence-electron chi connectivity index (χ1n) is 7.04. The summed E-state index contributed by atoms with van der Waals surface area (Å²) in [4.78, 5) is 2.76. The largest absolute Gasteiger partial charge is 0.309 e. The van der Waals surface area contributed by atoms with Crippen LogP contribution in [0.25, 0.3) is 0 Å². The molecule has 1 fully saturated rings. The minimum absolute atomic E-state index is 0.285. The van der Waals surface area contributed by atoms with Crippen LogP contribution >= 0.6 is 0 Å². The summed E-state index contributed by atoms with van der Waals surface area (Å²) >= 11 is 0. The van der Waals surface area contributed by atoms with Gasteiger partial charge in [-0.2, -0.15) is 0 Å². The quantitative estimate of drug-likeness (QED) is 0.775. The van der Waals surface area contributed by atoms with Gasteiger partial charge in [0.25, 0.3) is 0 Å². The van der Waals surface area contributed by atoms with Crippen molar-refractivity contribution < 1.29 is 0 Å². The number of rotatable bonds is 5. The second-order valence-corrected chi connectivity index (χ2v) is 5.85. The molecular formula is C14H30N2. The number of nitrogens with zero attached hydrogens (tertiary/aromatic N) is 1. The maximum Gasteiger partial charge on any atom is 0.0253 e. The van der Waals surface area contributed by atoms with Gasteiger partial charge >= 0.3 is 0 Å². The van der Waals surface area contributed by atoms with Crippen molar-refractivity contribution in [3.63, 3.8) is 0 Å². The van der Waals surface area contributed by atoms with Crippen molar-refractivity contribution in [3.05, 3.63) is 0 Å². The van der Waals surface area contributed by atoms with E-state index in [2.05, 4.69) is 44.8 Å². The third-order valence-corrected chi connectivity index (χ3v) is 3.90. The fourth-order valence-corrected chi connectivity index (χ4v) is 2.94. The zero-order valence-corrected chi connectivity index (χ0v) is 11.8. The molecule has 1 aliphatic rings. The Labute approximate surface area is 102 Å². The Hall–Kier alpha value is -0.0800. The lowest BCUT2D eigenvalue weighted by Crippen LogP contribution is -2.63. The highest BCUT2D eigenvalue weighted by molar-refractivity contribution is 4.94. The van der Waals surface area contributed by atoms with Gasteiger partial charge in [-0.25, -0.2) is 0 Å². The summed E-state index contributed by atoms with van der Waals surface area (Å²) in [7, 11) is 0. The molecule has 0 saturated carbocycles. The van der Waals surface area contributed by atoms with E-state index >= 15 is 0 Å². The minimum Gasteiger partial charge on any atom is -0.309 e. The summed E-state index contributed by atoms with van der Waals surface area (Å²) in [6.07, 6.45) is 5.20. The molecule has 1 rings (SSSR count). The zero-order valence-electron chi connectivity index (χ0n) is 11.8. The van der Waals surface area contributed by atoms with E-state index in [4.69, 9.17) is 0 Å². The molecule has 1 heterocycles. The van der Waals surface area contributed by atoms with Crippen molar-refractivity contribution >= 4 is 0 Å². The molecule has 1 saturated heterocycles. The van der Waals surface area contributed by atoms with Gasteiger partial charge in [0, 0.05) is 30.7 Å². The van der Waals surface area contributed by atoms with Crippen LogP contribution in [0.4, 0.5) is 0 Å². The topological polar surface area (TPSA) is 15.3 Å². The van der Waals surface area contributed by atoms with Crippen molar-refractivity contribution in [2.24, 2.45) is 0 Å². The molecule has 0 aromatic carbocycles. The van der Waals surface area contributed by atoms with Crippen LogP contribution < -0.4 is 5.32 Å². The number of piperazine rings is 1. The average Bonchev–Trinajstić information content (AvgIpc) is 2.23. The average molecular weight is 226 g/mol.